The Morgan fingerprint density at radius 3 is 2.91 bits per heavy atom. The number of aromatic nitrogens is 2. The minimum atomic E-state index is -0.0976. The molecule has 0 radical (unpaired) electrons. The second kappa shape index (κ2) is 6.95. The third-order valence-electron chi connectivity index (χ3n) is 3.81. The Morgan fingerprint density at radius 1 is 1.36 bits per heavy atom. The SMILES string of the molecule is CCC(=O)N(c1nnc(S[C@H]2CCCCNC2=O)s1)C1CC1. The molecule has 0 spiro atoms. The average molecular weight is 340 g/mol. The van der Waals surface area contributed by atoms with Crippen LogP contribution in [-0.2, 0) is 9.59 Å². The van der Waals surface area contributed by atoms with E-state index in [0.29, 0.717) is 17.6 Å². The summed E-state index contributed by atoms with van der Waals surface area (Å²) in [4.78, 5) is 25.9. The standard InChI is InChI=1S/C14H20N4O2S2/c1-2-11(19)18(9-6-7-9)13-16-17-14(22-13)21-10-5-3-4-8-15-12(10)20/h9-10H,2-8H2,1H3,(H,15,20)/t10-/m0/s1. The van der Waals surface area contributed by atoms with Crippen LogP contribution in [0.2, 0.25) is 0 Å². The van der Waals surface area contributed by atoms with Gasteiger partial charge in [-0.05, 0) is 25.7 Å². The number of carbonyl (C=O) groups excluding carboxylic acids is 2. The fourth-order valence-corrected chi connectivity index (χ4v) is 4.70. The first kappa shape index (κ1) is 15.7. The first-order valence-electron chi connectivity index (χ1n) is 7.79. The van der Waals surface area contributed by atoms with Crippen molar-refractivity contribution >= 4 is 40.0 Å². The largest absolute Gasteiger partial charge is 0.355 e. The molecule has 0 unspecified atom stereocenters. The van der Waals surface area contributed by atoms with Gasteiger partial charge in [-0.25, -0.2) is 0 Å². The zero-order valence-electron chi connectivity index (χ0n) is 12.6. The van der Waals surface area contributed by atoms with Gasteiger partial charge in [0.1, 0.15) is 0 Å². The topological polar surface area (TPSA) is 75.2 Å². The molecule has 0 bridgehead atoms. The van der Waals surface area contributed by atoms with Crippen molar-refractivity contribution in [2.24, 2.45) is 0 Å². The third kappa shape index (κ3) is 3.60. The van der Waals surface area contributed by atoms with Crippen LogP contribution in [-0.4, -0.2) is 39.8 Å². The zero-order valence-corrected chi connectivity index (χ0v) is 14.2. The number of hydrogen-bond acceptors (Lipinski definition) is 6. The highest BCUT2D eigenvalue weighted by molar-refractivity contribution is 8.02. The normalized spacial score (nSPS) is 22.0. The summed E-state index contributed by atoms with van der Waals surface area (Å²) in [6.45, 7) is 2.63. The zero-order chi connectivity index (χ0) is 15.5. The van der Waals surface area contributed by atoms with Crippen LogP contribution >= 0.6 is 23.1 Å². The molecule has 2 amide bonds. The summed E-state index contributed by atoms with van der Waals surface area (Å²) in [6, 6.07) is 0.291. The van der Waals surface area contributed by atoms with Crippen molar-refractivity contribution in [3.8, 4) is 0 Å². The monoisotopic (exact) mass is 340 g/mol. The number of hydrogen-bond donors (Lipinski definition) is 1. The number of carbonyl (C=O) groups is 2. The van der Waals surface area contributed by atoms with Gasteiger partial charge in [-0.3, -0.25) is 14.5 Å². The maximum Gasteiger partial charge on any atom is 0.233 e. The van der Waals surface area contributed by atoms with E-state index in [1.807, 2.05) is 6.92 Å². The molecule has 1 aromatic heterocycles. The van der Waals surface area contributed by atoms with Gasteiger partial charge < -0.3 is 5.32 Å². The number of nitrogens with zero attached hydrogens (tertiary/aromatic N) is 3. The summed E-state index contributed by atoms with van der Waals surface area (Å²) in [5.74, 6) is 0.186. The summed E-state index contributed by atoms with van der Waals surface area (Å²) in [6.07, 6.45) is 5.50. The molecule has 1 saturated heterocycles. The van der Waals surface area contributed by atoms with Gasteiger partial charge in [0.2, 0.25) is 16.9 Å². The van der Waals surface area contributed by atoms with E-state index in [0.717, 1.165) is 43.0 Å². The fourth-order valence-electron chi connectivity index (χ4n) is 2.46. The molecule has 1 N–H and O–H groups in total. The molecule has 0 aromatic carbocycles. The molecule has 1 saturated carbocycles. The molecule has 1 aromatic rings. The van der Waals surface area contributed by atoms with E-state index in [9.17, 15) is 9.59 Å². The molecule has 6 nitrogen and oxygen atoms in total. The first-order chi connectivity index (χ1) is 10.7. The lowest BCUT2D eigenvalue weighted by Crippen LogP contribution is -2.32. The summed E-state index contributed by atoms with van der Waals surface area (Å²) in [7, 11) is 0. The Morgan fingerprint density at radius 2 is 2.18 bits per heavy atom. The molecule has 1 aliphatic carbocycles. The van der Waals surface area contributed by atoms with E-state index in [4.69, 9.17) is 0 Å². The number of rotatable bonds is 5. The Bertz CT molecular complexity index is 559. The maximum absolute atomic E-state index is 12.1. The second-order valence-electron chi connectivity index (χ2n) is 5.59. The fraction of sp³-hybridized carbons (Fsp3) is 0.714. The summed E-state index contributed by atoms with van der Waals surface area (Å²) >= 11 is 2.89. The van der Waals surface area contributed by atoms with Gasteiger partial charge in [0, 0.05) is 19.0 Å². The van der Waals surface area contributed by atoms with Crippen LogP contribution in [0.25, 0.3) is 0 Å². The molecule has 22 heavy (non-hydrogen) atoms. The highest BCUT2D eigenvalue weighted by Gasteiger charge is 2.35. The van der Waals surface area contributed by atoms with Crippen molar-refractivity contribution in [1.82, 2.24) is 15.5 Å². The molecule has 2 fully saturated rings. The van der Waals surface area contributed by atoms with Gasteiger partial charge >= 0.3 is 0 Å². The third-order valence-corrected chi connectivity index (χ3v) is 6.09. The van der Waals surface area contributed by atoms with Gasteiger partial charge in [0.25, 0.3) is 0 Å². The van der Waals surface area contributed by atoms with E-state index in [2.05, 4.69) is 15.5 Å². The molecule has 2 heterocycles. The van der Waals surface area contributed by atoms with Crippen LogP contribution < -0.4 is 10.2 Å². The van der Waals surface area contributed by atoms with Crippen molar-refractivity contribution in [3.05, 3.63) is 0 Å². The Kier molecular flexibility index (Phi) is 4.97. The number of nitrogens with one attached hydrogen (secondary N) is 1. The minimum Gasteiger partial charge on any atom is -0.355 e. The minimum absolute atomic E-state index is 0.0860. The summed E-state index contributed by atoms with van der Waals surface area (Å²) in [5.41, 5.74) is 0. The van der Waals surface area contributed by atoms with E-state index in [1.165, 1.54) is 23.1 Å². The van der Waals surface area contributed by atoms with Crippen LogP contribution in [0.5, 0.6) is 0 Å². The maximum atomic E-state index is 12.1. The van der Waals surface area contributed by atoms with Gasteiger partial charge in [0.05, 0.1) is 5.25 Å². The quantitative estimate of drug-likeness (QED) is 0.832. The van der Waals surface area contributed by atoms with Gasteiger partial charge in [0.15, 0.2) is 4.34 Å². The number of thioether (sulfide) groups is 1. The van der Waals surface area contributed by atoms with Crippen molar-refractivity contribution in [2.45, 2.75) is 61.1 Å². The van der Waals surface area contributed by atoms with E-state index >= 15 is 0 Å². The van der Waals surface area contributed by atoms with Crippen molar-refractivity contribution in [3.63, 3.8) is 0 Å². The summed E-state index contributed by atoms with van der Waals surface area (Å²) in [5, 5.41) is 11.9. The van der Waals surface area contributed by atoms with Gasteiger partial charge in [-0.15, -0.1) is 10.2 Å². The number of amides is 2. The molecule has 8 heteroatoms. The lowest BCUT2D eigenvalue weighted by molar-refractivity contribution is -0.120. The Balaban J connectivity index is 1.69. The predicted octanol–water partition coefficient (Wildman–Crippen LogP) is 2.20. The molecule has 3 rings (SSSR count). The van der Waals surface area contributed by atoms with Crippen LogP contribution in [0.3, 0.4) is 0 Å². The molecule has 1 aliphatic heterocycles. The lowest BCUT2D eigenvalue weighted by atomic mass is 10.2. The molecule has 2 aliphatic rings. The Hall–Kier alpha value is -1.15. The van der Waals surface area contributed by atoms with Crippen LogP contribution in [0.15, 0.2) is 4.34 Å². The highest BCUT2D eigenvalue weighted by Crippen LogP contribution is 2.38. The highest BCUT2D eigenvalue weighted by atomic mass is 32.2. The average Bonchev–Trinajstić information content (AvgIpc) is 3.27. The smallest absolute Gasteiger partial charge is 0.233 e. The molecular weight excluding hydrogens is 320 g/mol. The number of anilines is 1. The van der Waals surface area contributed by atoms with E-state index < -0.39 is 0 Å². The van der Waals surface area contributed by atoms with Gasteiger partial charge in [-0.1, -0.05) is 36.4 Å². The molecule has 1 atom stereocenters. The van der Waals surface area contributed by atoms with Gasteiger partial charge in [-0.2, -0.15) is 0 Å². The molecular formula is C14H20N4O2S2. The van der Waals surface area contributed by atoms with Crippen molar-refractivity contribution < 1.29 is 9.59 Å². The van der Waals surface area contributed by atoms with Crippen LogP contribution in [0.1, 0.15) is 45.4 Å². The van der Waals surface area contributed by atoms with Crippen LogP contribution in [0, 0.1) is 0 Å². The first-order valence-corrected chi connectivity index (χ1v) is 9.48. The van der Waals surface area contributed by atoms with Crippen molar-refractivity contribution in [2.75, 3.05) is 11.4 Å². The van der Waals surface area contributed by atoms with E-state index in [-0.39, 0.29) is 17.1 Å². The predicted molar refractivity (Wildman–Crippen MR) is 87.2 cm³/mol. The second-order valence-corrected chi connectivity index (χ2v) is 8.00. The van der Waals surface area contributed by atoms with Crippen molar-refractivity contribution in [1.29, 1.82) is 0 Å². The van der Waals surface area contributed by atoms with Crippen LogP contribution in [0.4, 0.5) is 5.13 Å². The molecule has 120 valence electrons. The summed E-state index contributed by atoms with van der Waals surface area (Å²) < 4.78 is 0.770. The lowest BCUT2D eigenvalue weighted by Gasteiger charge is -2.17. The Labute approximate surface area is 138 Å². The van der Waals surface area contributed by atoms with E-state index in [1.54, 1.807) is 4.90 Å².